The van der Waals surface area contributed by atoms with Crippen LogP contribution in [0.15, 0.2) is 18.2 Å². The minimum Gasteiger partial charge on any atom is -0.326 e. The Hall–Kier alpha value is -1.82. The van der Waals surface area contributed by atoms with Crippen molar-refractivity contribution in [3.05, 3.63) is 29.3 Å². The molecule has 1 N–H and O–H groups in total. The molecule has 0 bridgehead atoms. The molecule has 3 heteroatoms. The molecule has 0 saturated carbocycles. The second kappa shape index (κ2) is 3.74. The van der Waals surface area contributed by atoms with Crippen LogP contribution in [0.5, 0.6) is 0 Å². The van der Waals surface area contributed by atoms with Gasteiger partial charge in [-0.15, -0.1) is 0 Å². The number of nitrogens with one attached hydrogen (secondary N) is 1. The summed E-state index contributed by atoms with van der Waals surface area (Å²) in [6.07, 6.45) is 1.69. The number of amides is 1. The molecule has 1 unspecified atom stereocenters. The highest BCUT2D eigenvalue weighted by molar-refractivity contribution is 5.93. The molecule has 1 aromatic carbocycles. The number of benzene rings is 1. The Labute approximate surface area is 88.7 Å². The Morgan fingerprint density at radius 2 is 2.33 bits per heavy atom. The number of carbonyl (C=O) groups excluding carboxylic acids is 1. The highest BCUT2D eigenvalue weighted by Gasteiger charge is 2.19. The van der Waals surface area contributed by atoms with Crippen molar-refractivity contribution >= 4 is 11.6 Å². The molecule has 1 aliphatic rings. The summed E-state index contributed by atoms with van der Waals surface area (Å²) in [5.74, 6) is 0.112. The summed E-state index contributed by atoms with van der Waals surface area (Å²) < 4.78 is 0. The van der Waals surface area contributed by atoms with Crippen molar-refractivity contribution in [2.75, 3.05) is 5.32 Å². The third-order valence-corrected chi connectivity index (χ3v) is 2.79. The van der Waals surface area contributed by atoms with Gasteiger partial charge in [0, 0.05) is 11.6 Å². The molecule has 0 fully saturated rings. The fourth-order valence-corrected chi connectivity index (χ4v) is 1.75. The molecule has 0 spiro atoms. The van der Waals surface area contributed by atoms with Crippen molar-refractivity contribution in [2.45, 2.75) is 19.8 Å². The van der Waals surface area contributed by atoms with Crippen molar-refractivity contribution in [2.24, 2.45) is 5.92 Å². The molecule has 0 radical (unpaired) electrons. The van der Waals surface area contributed by atoms with Gasteiger partial charge in [0.2, 0.25) is 5.91 Å². The summed E-state index contributed by atoms with van der Waals surface area (Å²) in [5.41, 5.74) is 2.56. The third-order valence-electron chi connectivity index (χ3n) is 2.79. The SMILES string of the molecule is CC1CCc2cc(C#N)ccc2NC1=O. The molecule has 1 atom stereocenters. The maximum atomic E-state index is 11.6. The predicted molar refractivity (Wildman–Crippen MR) is 57.3 cm³/mol. The molecular formula is C12H12N2O. The van der Waals surface area contributed by atoms with Crippen LogP contribution in [-0.2, 0) is 11.2 Å². The minimum atomic E-state index is 0.0444. The largest absolute Gasteiger partial charge is 0.326 e. The lowest BCUT2D eigenvalue weighted by Crippen LogP contribution is -2.18. The summed E-state index contributed by atoms with van der Waals surface area (Å²) in [4.78, 5) is 11.6. The van der Waals surface area contributed by atoms with E-state index in [4.69, 9.17) is 5.26 Å². The second-order valence-corrected chi connectivity index (χ2v) is 3.91. The molecule has 3 nitrogen and oxygen atoms in total. The van der Waals surface area contributed by atoms with E-state index in [1.54, 1.807) is 6.07 Å². The van der Waals surface area contributed by atoms with Gasteiger partial charge in [0.25, 0.3) is 0 Å². The Balaban J connectivity index is 2.39. The van der Waals surface area contributed by atoms with Crippen LogP contribution < -0.4 is 5.32 Å². The number of aryl methyl sites for hydroxylation is 1. The molecule has 76 valence electrons. The van der Waals surface area contributed by atoms with Crippen LogP contribution in [0.1, 0.15) is 24.5 Å². The molecule has 1 aromatic rings. The maximum absolute atomic E-state index is 11.6. The molecule has 0 aliphatic carbocycles. The zero-order valence-corrected chi connectivity index (χ0v) is 8.58. The molecule has 2 rings (SSSR count). The van der Waals surface area contributed by atoms with E-state index in [1.807, 2.05) is 19.1 Å². The van der Waals surface area contributed by atoms with Crippen LogP contribution in [0, 0.1) is 17.2 Å². The van der Waals surface area contributed by atoms with Gasteiger partial charge in [-0.2, -0.15) is 5.26 Å². The maximum Gasteiger partial charge on any atom is 0.227 e. The normalized spacial score (nSPS) is 19.7. The zero-order valence-electron chi connectivity index (χ0n) is 8.58. The zero-order chi connectivity index (χ0) is 10.8. The van der Waals surface area contributed by atoms with Crippen molar-refractivity contribution in [1.82, 2.24) is 0 Å². The monoisotopic (exact) mass is 200 g/mol. The summed E-state index contributed by atoms with van der Waals surface area (Å²) in [7, 11) is 0. The third kappa shape index (κ3) is 1.84. The lowest BCUT2D eigenvalue weighted by molar-refractivity contribution is -0.119. The molecule has 15 heavy (non-hydrogen) atoms. The van der Waals surface area contributed by atoms with Crippen LogP contribution in [0.25, 0.3) is 0 Å². The first-order chi connectivity index (χ1) is 7.20. The van der Waals surface area contributed by atoms with Crippen LogP contribution in [0.4, 0.5) is 5.69 Å². The fourth-order valence-electron chi connectivity index (χ4n) is 1.75. The average Bonchev–Trinajstić information content (AvgIpc) is 2.39. The van der Waals surface area contributed by atoms with E-state index in [0.29, 0.717) is 5.56 Å². The van der Waals surface area contributed by atoms with Crippen molar-refractivity contribution in [3.63, 3.8) is 0 Å². The van der Waals surface area contributed by atoms with Gasteiger partial charge in [-0.25, -0.2) is 0 Å². The van der Waals surface area contributed by atoms with Crippen LogP contribution in [0.2, 0.25) is 0 Å². The number of nitrogens with zero attached hydrogens (tertiary/aromatic N) is 1. The van der Waals surface area contributed by atoms with Gasteiger partial charge in [-0.05, 0) is 36.6 Å². The first-order valence-electron chi connectivity index (χ1n) is 5.04. The van der Waals surface area contributed by atoms with Gasteiger partial charge in [-0.3, -0.25) is 4.79 Å². The van der Waals surface area contributed by atoms with Gasteiger partial charge in [-0.1, -0.05) is 6.92 Å². The van der Waals surface area contributed by atoms with Gasteiger partial charge in [0.05, 0.1) is 11.6 Å². The summed E-state index contributed by atoms with van der Waals surface area (Å²) in [6.45, 7) is 1.92. The van der Waals surface area contributed by atoms with E-state index >= 15 is 0 Å². The molecule has 0 aromatic heterocycles. The molecular weight excluding hydrogens is 188 g/mol. The number of fused-ring (bicyclic) bond motifs is 1. The van der Waals surface area contributed by atoms with Crippen molar-refractivity contribution in [3.8, 4) is 6.07 Å². The molecule has 1 heterocycles. The topological polar surface area (TPSA) is 52.9 Å². The number of hydrogen-bond acceptors (Lipinski definition) is 2. The summed E-state index contributed by atoms with van der Waals surface area (Å²) >= 11 is 0. The van der Waals surface area contributed by atoms with Crippen LogP contribution >= 0.6 is 0 Å². The van der Waals surface area contributed by atoms with Crippen LogP contribution in [-0.4, -0.2) is 5.91 Å². The Morgan fingerprint density at radius 3 is 3.07 bits per heavy atom. The lowest BCUT2D eigenvalue weighted by atomic mass is 10.0. The highest BCUT2D eigenvalue weighted by Crippen LogP contribution is 2.25. The number of anilines is 1. The predicted octanol–water partition coefficient (Wildman–Crippen LogP) is 2.08. The Morgan fingerprint density at radius 1 is 1.53 bits per heavy atom. The van der Waals surface area contributed by atoms with Crippen molar-refractivity contribution in [1.29, 1.82) is 5.26 Å². The first-order valence-corrected chi connectivity index (χ1v) is 5.04. The summed E-state index contributed by atoms with van der Waals surface area (Å²) in [5, 5.41) is 11.7. The highest BCUT2D eigenvalue weighted by atomic mass is 16.1. The number of rotatable bonds is 0. The van der Waals surface area contributed by atoms with Gasteiger partial charge < -0.3 is 5.32 Å². The molecule has 1 aliphatic heterocycles. The number of hydrogen-bond donors (Lipinski definition) is 1. The van der Waals surface area contributed by atoms with E-state index < -0.39 is 0 Å². The average molecular weight is 200 g/mol. The lowest BCUT2D eigenvalue weighted by Gasteiger charge is -2.06. The molecule has 1 amide bonds. The van der Waals surface area contributed by atoms with Crippen LogP contribution in [0.3, 0.4) is 0 Å². The second-order valence-electron chi connectivity index (χ2n) is 3.91. The van der Waals surface area contributed by atoms with Gasteiger partial charge >= 0.3 is 0 Å². The van der Waals surface area contributed by atoms with E-state index in [1.165, 1.54) is 0 Å². The smallest absolute Gasteiger partial charge is 0.227 e. The Bertz CT molecular complexity index is 445. The Kier molecular flexibility index (Phi) is 2.42. The van der Waals surface area contributed by atoms with E-state index in [-0.39, 0.29) is 11.8 Å². The molecule has 0 saturated heterocycles. The summed E-state index contributed by atoms with van der Waals surface area (Å²) in [6, 6.07) is 7.50. The number of nitriles is 1. The van der Waals surface area contributed by atoms with E-state index in [9.17, 15) is 4.79 Å². The van der Waals surface area contributed by atoms with E-state index in [0.717, 1.165) is 24.1 Å². The standard InChI is InChI=1S/C12H12N2O/c1-8-2-4-10-6-9(7-13)3-5-11(10)14-12(8)15/h3,5-6,8H,2,4H2,1H3,(H,14,15). The van der Waals surface area contributed by atoms with Gasteiger partial charge in [0.1, 0.15) is 0 Å². The fraction of sp³-hybridized carbons (Fsp3) is 0.333. The van der Waals surface area contributed by atoms with Crippen molar-refractivity contribution < 1.29 is 4.79 Å². The first kappa shape index (κ1) is 9.72. The van der Waals surface area contributed by atoms with Gasteiger partial charge in [0.15, 0.2) is 0 Å². The minimum absolute atomic E-state index is 0.0444. The van der Waals surface area contributed by atoms with E-state index in [2.05, 4.69) is 11.4 Å². The quantitative estimate of drug-likeness (QED) is 0.697. The number of carbonyl (C=O) groups is 1.